The second-order valence-corrected chi connectivity index (χ2v) is 3.29. The number of pyridine rings is 1. The van der Waals surface area contributed by atoms with Gasteiger partial charge in [0.1, 0.15) is 5.82 Å². The Hall–Kier alpha value is -1.97. The first-order valence-corrected chi connectivity index (χ1v) is 4.80. The third-order valence-electron chi connectivity index (χ3n) is 2.09. The number of nitrogens with zero attached hydrogens (tertiary/aromatic N) is 3. The topological polar surface area (TPSA) is 64.7 Å². The van der Waals surface area contributed by atoms with Crippen molar-refractivity contribution in [3.8, 4) is 0 Å². The SMILES string of the molecule is Nc1cnc(CCc2cccnc2)nc1. The lowest BCUT2D eigenvalue weighted by molar-refractivity contribution is 0.855. The van der Waals surface area contributed by atoms with Gasteiger partial charge in [-0.1, -0.05) is 6.07 Å². The van der Waals surface area contributed by atoms with Crippen LogP contribution in [0.15, 0.2) is 36.9 Å². The third kappa shape index (κ3) is 2.74. The zero-order chi connectivity index (χ0) is 10.5. The van der Waals surface area contributed by atoms with E-state index in [2.05, 4.69) is 15.0 Å². The molecule has 2 rings (SSSR count). The molecule has 0 saturated heterocycles. The molecule has 0 bridgehead atoms. The number of aromatic nitrogens is 3. The van der Waals surface area contributed by atoms with Crippen LogP contribution in [0.25, 0.3) is 0 Å². The molecule has 0 aliphatic heterocycles. The fraction of sp³-hybridized carbons (Fsp3) is 0.182. The predicted molar refractivity (Wildman–Crippen MR) is 58.1 cm³/mol. The summed E-state index contributed by atoms with van der Waals surface area (Å²) in [4.78, 5) is 12.3. The van der Waals surface area contributed by atoms with Crippen molar-refractivity contribution in [2.24, 2.45) is 0 Å². The molecule has 2 aromatic rings. The van der Waals surface area contributed by atoms with Gasteiger partial charge in [0, 0.05) is 18.8 Å². The first kappa shape index (κ1) is 9.58. The molecule has 0 aliphatic carbocycles. The van der Waals surface area contributed by atoms with Gasteiger partial charge in [0.2, 0.25) is 0 Å². The monoisotopic (exact) mass is 200 g/mol. The Kier molecular flexibility index (Phi) is 2.88. The first-order chi connectivity index (χ1) is 7.34. The Morgan fingerprint density at radius 1 is 1.07 bits per heavy atom. The fourth-order valence-electron chi connectivity index (χ4n) is 1.30. The summed E-state index contributed by atoms with van der Waals surface area (Å²) in [5.41, 5.74) is 7.29. The Balaban J connectivity index is 1.96. The highest BCUT2D eigenvalue weighted by Gasteiger charge is 1.97. The van der Waals surface area contributed by atoms with E-state index in [4.69, 9.17) is 5.73 Å². The summed E-state index contributed by atoms with van der Waals surface area (Å²) in [6.07, 6.45) is 8.60. The Morgan fingerprint density at radius 2 is 1.87 bits per heavy atom. The van der Waals surface area contributed by atoms with Crippen LogP contribution in [0.1, 0.15) is 11.4 Å². The average Bonchev–Trinajstić information content (AvgIpc) is 2.30. The van der Waals surface area contributed by atoms with Crippen LogP contribution >= 0.6 is 0 Å². The Bertz CT molecular complexity index is 410. The van der Waals surface area contributed by atoms with Crippen LogP contribution in [0.5, 0.6) is 0 Å². The average molecular weight is 200 g/mol. The summed E-state index contributed by atoms with van der Waals surface area (Å²) in [6.45, 7) is 0. The smallest absolute Gasteiger partial charge is 0.128 e. The molecule has 0 unspecified atom stereocenters. The van der Waals surface area contributed by atoms with Gasteiger partial charge in [0.15, 0.2) is 0 Å². The van der Waals surface area contributed by atoms with E-state index in [9.17, 15) is 0 Å². The van der Waals surface area contributed by atoms with E-state index in [0.29, 0.717) is 5.69 Å². The Labute approximate surface area is 88.2 Å². The zero-order valence-electron chi connectivity index (χ0n) is 8.30. The lowest BCUT2D eigenvalue weighted by Crippen LogP contribution is -1.99. The van der Waals surface area contributed by atoms with Gasteiger partial charge >= 0.3 is 0 Å². The van der Waals surface area contributed by atoms with Crippen LogP contribution < -0.4 is 5.73 Å². The first-order valence-electron chi connectivity index (χ1n) is 4.80. The minimum absolute atomic E-state index is 0.597. The van der Waals surface area contributed by atoms with E-state index < -0.39 is 0 Å². The summed E-state index contributed by atoms with van der Waals surface area (Å²) in [5.74, 6) is 0.813. The van der Waals surface area contributed by atoms with E-state index in [1.54, 1.807) is 18.6 Å². The van der Waals surface area contributed by atoms with Crippen molar-refractivity contribution in [3.05, 3.63) is 48.3 Å². The van der Waals surface area contributed by atoms with Gasteiger partial charge in [-0.25, -0.2) is 9.97 Å². The van der Waals surface area contributed by atoms with Crippen molar-refractivity contribution in [1.29, 1.82) is 0 Å². The number of hydrogen-bond donors (Lipinski definition) is 1. The van der Waals surface area contributed by atoms with Crippen molar-refractivity contribution < 1.29 is 0 Å². The van der Waals surface area contributed by atoms with Crippen LogP contribution in [0.2, 0.25) is 0 Å². The molecule has 0 amide bonds. The molecule has 76 valence electrons. The highest BCUT2D eigenvalue weighted by Crippen LogP contribution is 2.03. The highest BCUT2D eigenvalue weighted by atomic mass is 14.9. The molecule has 0 spiro atoms. The van der Waals surface area contributed by atoms with E-state index in [1.807, 2.05) is 18.3 Å². The molecule has 0 aromatic carbocycles. The van der Waals surface area contributed by atoms with Gasteiger partial charge < -0.3 is 5.73 Å². The largest absolute Gasteiger partial charge is 0.396 e. The molecule has 0 aliphatic rings. The minimum atomic E-state index is 0.597. The molecular weight excluding hydrogens is 188 g/mol. The van der Waals surface area contributed by atoms with Crippen molar-refractivity contribution >= 4 is 5.69 Å². The molecule has 2 N–H and O–H groups in total. The molecule has 0 fully saturated rings. The molecular formula is C11H12N4. The van der Waals surface area contributed by atoms with Crippen molar-refractivity contribution in [2.75, 3.05) is 5.73 Å². The number of nitrogen functional groups attached to an aromatic ring is 1. The second kappa shape index (κ2) is 4.50. The van der Waals surface area contributed by atoms with Gasteiger partial charge in [-0.3, -0.25) is 4.98 Å². The maximum Gasteiger partial charge on any atom is 0.128 e. The van der Waals surface area contributed by atoms with Gasteiger partial charge in [0.25, 0.3) is 0 Å². The normalized spacial score (nSPS) is 10.1. The van der Waals surface area contributed by atoms with Crippen LogP contribution in [-0.4, -0.2) is 15.0 Å². The standard InChI is InChI=1S/C11H12N4/c12-10-7-14-11(15-8-10)4-3-9-2-1-5-13-6-9/h1-2,5-8H,3-4,12H2. The molecule has 2 aromatic heterocycles. The fourth-order valence-corrected chi connectivity index (χ4v) is 1.30. The molecule has 15 heavy (non-hydrogen) atoms. The molecule has 0 atom stereocenters. The Morgan fingerprint density at radius 3 is 2.53 bits per heavy atom. The summed E-state index contributed by atoms with van der Waals surface area (Å²) in [7, 11) is 0. The van der Waals surface area contributed by atoms with Crippen molar-refractivity contribution in [3.63, 3.8) is 0 Å². The molecule has 0 radical (unpaired) electrons. The maximum absolute atomic E-state index is 5.50. The highest BCUT2D eigenvalue weighted by molar-refractivity contribution is 5.30. The van der Waals surface area contributed by atoms with Crippen LogP contribution in [0.3, 0.4) is 0 Å². The quantitative estimate of drug-likeness (QED) is 0.809. The van der Waals surface area contributed by atoms with Crippen molar-refractivity contribution in [1.82, 2.24) is 15.0 Å². The van der Waals surface area contributed by atoms with Gasteiger partial charge in [-0.05, 0) is 18.1 Å². The number of rotatable bonds is 3. The summed E-state index contributed by atoms with van der Waals surface area (Å²) >= 11 is 0. The van der Waals surface area contributed by atoms with E-state index >= 15 is 0 Å². The maximum atomic E-state index is 5.50. The second-order valence-electron chi connectivity index (χ2n) is 3.29. The lowest BCUT2D eigenvalue weighted by Gasteiger charge is -2.00. The van der Waals surface area contributed by atoms with Gasteiger partial charge in [-0.15, -0.1) is 0 Å². The minimum Gasteiger partial charge on any atom is -0.396 e. The molecule has 2 heterocycles. The summed E-state index contributed by atoms with van der Waals surface area (Å²) < 4.78 is 0. The summed E-state index contributed by atoms with van der Waals surface area (Å²) in [5, 5.41) is 0. The van der Waals surface area contributed by atoms with Crippen LogP contribution in [-0.2, 0) is 12.8 Å². The summed E-state index contributed by atoms with van der Waals surface area (Å²) in [6, 6.07) is 3.98. The predicted octanol–water partition coefficient (Wildman–Crippen LogP) is 1.24. The molecule has 0 saturated carbocycles. The molecule has 4 nitrogen and oxygen atoms in total. The van der Waals surface area contributed by atoms with Crippen LogP contribution in [0, 0.1) is 0 Å². The van der Waals surface area contributed by atoms with Gasteiger partial charge in [-0.2, -0.15) is 0 Å². The third-order valence-corrected chi connectivity index (χ3v) is 2.09. The van der Waals surface area contributed by atoms with Gasteiger partial charge in [0.05, 0.1) is 18.1 Å². The number of hydrogen-bond acceptors (Lipinski definition) is 4. The van der Waals surface area contributed by atoms with Crippen LogP contribution in [0.4, 0.5) is 5.69 Å². The van der Waals surface area contributed by atoms with E-state index in [1.165, 1.54) is 5.56 Å². The van der Waals surface area contributed by atoms with E-state index in [0.717, 1.165) is 18.7 Å². The molecule has 4 heteroatoms. The lowest BCUT2D eigenvalue weighted by atomic mass is 10.1. The van der Waals surface area contributed by atoms with Crippen molar-refractivity contribution in [2.45, 2.75) is 12.8 Å². The number of anilines is 1. The zero-order valence-corrected chi connectivity index (χ0v) is 8.30. The number of aryl methyl sites for hydroxylation is 2. The van der Waals surface area contributed by atoms with E-state index in [-0.39, 0.29) is 0 Å². The number of nitrogens with two attached hydrogens (primary N) is 1.